The van der Waals surface area contributed by atoms with Crippen LogP contribution >= 0.6 is 11.8 Å². The maximum absolute atomic E-state index is 12.1. The van der Waals surface area contributed by atoms with Crippen LogP contribution in [-0.4, -0.2) is 26.8 Å². The zero-order valence-electron chi connectivity index (χ0n) is 8.71. The maximum atomic E-state index is 12.1. The summed E-state index contributed by atoms with van der Waals surface area (Å²) in [5, 5.41) is 8.92. The Morgan fingerprint density at radius 2 is 2.24 bits per heavy atom. The van der Waals surface area contributed by atoms with Crippen LogP contribution in [0.2, 0.25) is 0 Å². The molecule has 0 spiro atoms. The fourth-order valence-electron chi connectivity index (χ4n) is 1.97. The second kappa shape index (κ2) is 3.59. The Morgan fingerprint density at radius 1 is 1.47 bits per heavy atom. The van der Waals surface area contributed by atoms with Crippen molar-refractivity contribution in [2.24, 2.45) is 0 Å². The summed E-state index contributed by atoms with van der Waals surface area (Å²) in [5.41, 5.74) is 1.69. The molecule has 1 aromatic carbocycles. The molecule has 5 nitrogen and oxygen atoms in total. The van der Waals surface area contributed by atoms with Crippen LogP contribution in [-0.2, 0) is 4.79 Å². The molecular formula is C11H9N2O3S+. The number of carbonyl (C=O) groups excluding carboxylic acids is 1. The van der Waals surface area contributed by atoms with Gasteiger partial charge in [0.2, 0.25) is 0 Å². The summed E-state index contributed by atoms with van der Waals surface area (Å²) in [5.74, 6) is -1.12. The molecule has 1 unspecified atom stereocenters. The first-order chi connectivity index (χ1) is 8.16. The summed E-state index contributed by atoms with van der Waals surface area (Å²) in [4.78, 5) is 25.8. The number of hydrogen-bond donors (Lipinski definition) is 1. The zero-order valence-corrected chi connectivity index (χ0v) is 9.53. The molecule has 86 valence electrons. The largest absolute Gasteiger partial charge is 0.481 e. The summed E-state index contributed by atoms with van der Waals surface area (Å²) >= 11 is 1.28. The molecule has 1 aliphatic heterocycles. The molecule has 3 rings (SSSR count). The molecule has 0 amide bonds. The normalized spacial score (nSPS) is 18.6. The highest BCUT2D eigenvalue weighted by atomic mass is 32.2. The number of para-hydroxylation sites is 2. The fourth-order valence-corrected chi connectivity index (χ4v) is 3.14. The van der Waals surface area contributed by atoms with Gasteiger partial charge in [-0.25, -0.2) is 9.78 Å². The second-order valence-electron chi connectivity index (χ2n) is 3.83. The van der Waals surface area contributed by atoms with Crippen LogP contribution in [0.1, 0.15) is 11.2 Å². The molecule has 1 aliphatic rings. The number of thioether (sulfide) groups is 1. The molecule has 0 saturated heterocycles. The minimum absolute atomic E-state index is 0.145. The van der Waals surface area contributed by atoms with Crippen LogP contribution < -0.4 is 4.98 Å². The molecule has 1 aromatic heterocycles. The van der Waals surface area contributed by atoms with Crippen molar-refractivity contribution in [3.05, 3.63) is 24.3 Å². The van der Waals surface area contributed by atoms with Gasteiger partial charge in [-0.05, 0) is 23.9 Å². The SMILES string of the molecule is O=C(O)CC1Sc2[nH+]c3ccccc3n2C1=O. The summed E-state index contributed by atoms with van der Waals surface area (Å²) < 4.78 is 1.56. The van der Waals surface area contributed by atoms with Crippen molar-refractivity contribution in [2.75, 3.05) is 0 Å². The van der Waals surface area contributed by atoms with E-state index in [9.17, 15) is 9.59 Å². The molecule has 0 bridgehead atoms. The number of rotatable bonds is 2. The van der Waals surface area contributed by atoms with Crippen molar-refractivity contribution < 1.29 is 19.7 Å². The van der Waals surface area contributed by atoms with Gasteiger partial charge in [-0.2, -0.15) is 4.57 Å². The number of carboxylic acids is 1. The first kappa shape index (κ1) is 10.3. The monoisotopic (exact) mass is 249 g/mol. The van der Waals surface area contributed by atoms with Gasteiger partial charge < -0.3 is 5.11 Å². The van der Waals surface area contributed by atoms with E-state index in [-0.39, 0.29) is 12.3 Å². The lowest BCUT2D eigenvalue weighted by molar-refractivity contribution is -0.397. The molecule has 6 heteroatoms. The number of nitrogens with one attached hydrogen (secondary N) is 1. The van der Waals surface area contributed by atoms with Crippen molar-refractivity contribution in [3.8, 4) is 0 Å². The van der Waals surface area contributed by atoms with Gasteiger partial charge in [0, 0.05) is 0 Å². The van der Waals surface area contributed by atoms with E-state index in [2.05, 4.69) is 4.98 Å². The van der Waals surface area contributed by atoms with Gasteiger partial charge in [0.25, 0.3) is 0 Å². The average molecular weight is 249 g/mol. The van der Waals surface area contributed by atoms with Gasteiger partial charge in [0.15, 0.2) is 11.0 Å². The minimum Gasteiger partial charge on any atom is -0.481 e. The highest BCUT2D eigenvalue weighted by molar-refractivity contribution is 8.00. The average Bonchev–Trinajstić information content (AvgIpc) is 2.76. The second-order valence-corrected chi connectivity index (χ2v) is 5.02. The minimum atomic E-state index is -0.953. The molecule has 0 saturated carbocycles. The molecule has 2 N–H and O–H groups in total. The lowest BCUT2D eigenvalue weighted by atomic mass is 10.2. The third-order valence-electron chi connectivity index (χ3n) is 2.70. The quantitative estimate of drug-likeness (QED) is 0.863. The Balaban J connectivity index is 2.07. The van der Waals surface area contributed by atoms with Crippen molar-refractivity contribution in [3.63, 3.8) is 0 Å². The number of H-pyrrole nitrogens is 1. The summed E-state index contributed by atoms with van der Waals surface area (Å²) in [6, 6.07) is 7.47. The lowest BCUT2D eigenvalue weighted by Gasteiger charge is -1.98. The van der Waals surface area contributed by atoms with E-state index >= 15 is 0 Å². The van der Waals surface area contributed by atoms with Crippen LogP contribution in [0.15, 0.2) is 29.4 Å². The molecule has 1 atom stereocenters. The number of nitrogens with zero attached hydrogens (tertiary/aromatic N) is 1. The van der Waals surface area contributed by atoms with Crippen molar-refractivity contribution >= 4 is 34.7 Å². The summed E-state index contributed by atoms with van der Waals surface area (Å²) in [6.07, 6.45) is -0.145. The Hall–Kier alpha value is -1.82. The van der Waals surface area contributed by atoms with E-state index in [1.54, 1.807) is 4.57 Å². The topological polar surface area (TPSA) is 73.4 Å². The molecule has 17 heavy (non-hydrogen) atoms. The molecule has 0 fully saturated rings. The first-order valence-corrected chi connectivity index (χ1v) is 6.00. The van der Waals surface area contributed by atoms with Gasteiger partial charge in [-0.15, -0.1) is 0 Å². The number of benzene rings is 1. The first-order valence-electron chi connectivity index (χ1n) is 5.12. The summed E-state index contributed by atoms with van der Waals surface area (Å²) in [7, 11) is 0. The highest BCUT2D eigenvalue weighted by Gasteiger charge is 2.42. The third-order valence-corrected chi connectivity index (χ3v) is 3.86. The highest BCUT2D eigenvalue weighted by Crippen LogP contribution is 2.33. The third kappa shape index (κ3) is 1.52. The van der Waals surface area contributed by atoms with Crippen LogP contribution in [0.5, 0.6) is 0 Å². The zero-order chi connectivity index (χ0) is 12.0. The van der Waals surface area contributed by atoms with Gasteiger partial charge in [-0.3, -0.25) is 4.79 Å². The number of hydrogen-bond acceptors (Lipinski definition) is 3. The number of carboxylic acid groups (broad SMARTS) is 1. The predicted molar refractivity (Wildman–Crippen MR) is 61.0 cm³/mol. The van der Waals surface area contributed by atoms with E-state index in [0.29, 0.717) is 5.16 Å². The molecule has 0 radical (unpaired) electrons. The number of aromatic nitrogens is 2. The summed E-state index contributed by atoms with van der Waals surface area (Å²) in [6.45, 7) is 0. The van der Waals surface area contributed by atoms with Crippen molar-refractivity contribution in [1.82, 2.24) is 4.57 Å². The van der Waals surface area contributed by atoms with E-state index in [1.165, 1.54) is 11.8 Å². The van der Waals surface area contributed by atoms with E-state index < -0.39 is 11.2 Å². The number of carbonyl (C=O) groups is 2. The van der Waals surface area contributed by atoms with E-state index in [0.717, 1.165) is 11.0 Å². The van der Waals surface area contributed by atoms with Gasteiger partial charge in [-0.1, -0.05) is 12.1 Å². The van der Waals surface area contributed by atoms with E-state index in [1.807, 2.05) is 24.3 Å². The Kier molecular flexibility index (Phi) is 2.19. The number of aromatic amines is 1. The number of imidazole rings is 1. The standard InChI is InChI=1S/C11H8N2O3S/c14-9(15)5-8-10(16)13-7-4-2-1-3-6(7)12-11(13)17-8/h1-4,8H,5H2,(H,14,15)/p+1. The van der Waals surface area contributed by atoms with Crippen LogP contribution in [0.25, 0.3) is 11.0 Å². The van der Waals surface area contributed by atoms with Gasteiger partial charge in [0.05, 0.1) is 6.42 Å². The Labute approximate surface area is 100 Å². The fraction of sp³-hybridized carbons (Fsp3) is 0.182. The van der Waals surface area contributed by atoms with Crippen molar-refractivity contribution in [1.29, 1.82) is 0 Å². The van der Waals surface area contributed by atoms with Gasteiger partial charge in [0.1, 0.15) is 5.25 Å². The number of fused-ring (bicyclic) bond motifs is 3. The molecular weight excluding hydrogens is 240 g/mol. The predicted octanol–water partition coefficient (Wildman–Crippen LogP) is 1.04. The van der Waals surface area contributed by atoms with Crippen LogP contribution in [0.3, 0.4) is 0 Å². The lowest BCUT2D eigenvalue weighted by Crippen LogP contribution is -2.20. The van der Waals surface area contributed by atoms with Gasteiger partial charge >= 0.3 is 17.0 Å². The molecule has 2 heterocycles. The Bertz CT molecular complexity index is 635. The number of aliphatic carboxylic acids is 1. The van der Waals surface area contributed by atoms with Crippen molar-refractivity contribution in [2.45, 2.75) is 16.8 Å². The molecule has 2 aromatic rings. The Morgan fingerprint density at radius 3 is 3.00 bits per heavy atom. The van der Waals surface area contributed by atoms with Crippen LogP contribution in [0.4, 0.5) is 0 Å². The molecule has 0 aliphatic carbocycles. The van der Waals surface area contributed by atoms with Crippen LogP contribution in [0, 0.1) is 0 Å². The van der Waals surface area contributed by atoms with E-state index in [4.69, 9.17) is 5.11 Å². The smallest absolute Gasteiger partial charge is 0.329 e. The maximum Gasteiger partial charge on any atom is 0.329 e.